The van der Waals surface area contributed by atoms with Crippen molar-refractivity contribution in [3.63, 3.8) is 0 Å². The van der Waals surface area contributed by atoms with Crippen LogP contribution in [0.15, 0.2) is 0 Å². The van der Waals surface area contributed by atoms with Gasteiger partial charge in [0.15, 0.2) is 0 Å². The first-order valence-electron chi connectivity index (χ1n) is 6.99. The van der Waals surface area contributed by atoms with Gasteiger partial charge in [0, 0.05) is 0 Å². The van der Waals surface area contributed by atoms with Crippen molar-refractivity contribution in [2.75, 3.05) is 0 Å². The molecule has 0 unspecified atom stereocenters. The highest BCUT2D eigenvalue weighted by atomic mass is 16.3. The first-order valence-corrected chi connectivity index (χ1v) is 6.99. The van der Waals surface area contributed by atoms with E-state index in [4.69, 9.17) is 0 Å². The molecule has 3 saturated carbocycles. The first-order chi connectivity index (χ1) is 7.31. The summed E-state index contributed by atoms with van der Waals surface area (Å²) in [7, 11) is 0. The largest absolute Gasteiger partial charge is 0.393 e. The van der Waals surface area contributed by atoms with Crippen LogP contribution >= 0.6 is 0 Å². The molecule has 0 aromatic rings. The Hall–Kier alpha value is -0.0400. The Kier molecular flexibility index (Phi) is 1.98. The van der Waals surface area contributed by atoms with E-state index in [1.54, 1.807) is 0 Å². The molecule has 0 aromatic heterocycles. The lowest BCUT2D eigenvalue weighted by molar-refractivity contribution is -0.133. The van der Waals surface area contributed by atoms with E-state index in [1.807, 2.05) is 0 Å². The van der Waals surface area contributed by atoms with E-state index in [1.165, 1.54) is 25.7 Å². The van der Waals surface area contributed by atoms with Crippen molar-refractivity contribution in [3.05, 3.63) is 0 Å². The van der Waals surface area contributed by atoms with Gasteiger partial charge in [0.05, 0.1) is 6.10 Å². The van der Waals surface area contributed by atoms with Gasteiger partial charge in [-0.2, -0.15) is 0 Å². The van der Waals surface area contributed by atoms with Crippen molar-refractivity contribution in [2.24, 2.45) is 28.1 Å². The molecule has 92 valence electrons. The third-order valence-electron chi connectivity index (χ3n) is 6.80. The fourth-order valence-corrected chi connectivity index (χ4v) is 5.78. The standard InChI is InChI=1S/C15H26O/c1-13(2)7-6-11(16)12-14(3,4)10-5-8-15(12,13)9-10/h10-12,16H,5-9H2,1-4H3/t10-,11+,12-,15+/m1/s1. The topological polar surface area (TPSA) is 20.2 Å². The van der Waals surface area contributed by atoms with Gasteiger partial charge in [0.25, 0.3) is 0 Å². The van der Waals surface area contributed by atoms with Crippen LogP contribution < -0.4 is 0 Å². The number of rotatable bonds is 0. The fourth-order valence-electron chi connectivity index (χ4n) is 5.78. The van der Waals surface area contributed by atoms with Crippen LogP contribution in [0.4, 0.5) is 0 Å². The first kappa shape index (κ1) is 11.1. The number of fused-ring (bicyclic) bond motifs is 1. The Morgan fingerprint density at radius 3 is 2.31 bits per heavy atom. The van der Waals surface area contributed by atoms with Gasteiger partial charge in [-0.05, 0) is 60.2 Å². The number of aliphatic hydroxyl groups is 1. The molecule has 2 bridgehead atoms. The van der Waals surface area contributed by atoms with E-state index in [2.05, 4.69) is 27.7 Å². The minimum atomic E-state index is -0.0340. The maximum Gasteiger partial charge on any atom is 0.0579 e. The maximum atomic E-state index is 10.5. The van der Waals surface area contributed by atoms with Crippen molar-refractivity contribution < 1.29 is 5.11 Å². The van der Waals surface area contributed by atoms with E-state index in [0.29, 0.717) is 22.2 Å². The molecule has 0 radical (unpaired) electrons. The molecular weight excluding hydrogens is 196 g/mol. The summed E-state index contributed by atoms with van der Waals surface area (Å²) in [6.45, 7) is 9.73. The van der Waals surface area contributed by atoms with Crippen LogP contribution in [-0.4, -0.2) is 11.2 Å². The van der Waals surface area contributed by atoms with E-state index in [9.17, 15) is 5.11 Å². The molecule has 1 nitrogen and oxygen atoms in total. The van der Waals surface area contributed by atoms with Crippen molar-refractivity contribution >= 4 is 0 Å². The Morgan fingerprint density at radius 1 is 1.00 bits per heavy atom. The molecule has 0 heterocycles. The maximum absolute atomic E-state index is 10.5. The Labute approximate surface area is 99.6 Å². The lowest BCUT2D eigenvalue weighted by Crippen LogP contribution is -2.54. The smallest absolute Gasteiger partial charge is 0.0579 e. The molecule has 0 aliphatic heterocycles. The fraction of sp³-hybridized carbons (Fsp3) is 1.00. The van der Waals surface area contributed by atoms with Gasteiger partial charge in [-0.1, -0.05) is 27.7 Å². The molecule has 1 heteroatoms. The van der Waals surface area contributed by atoms with Gasteiger partial charge < -0.3 is 5.11 Å². The summed E-state index contributed by atoms with van der Waals surface area (Å²) in [6, 6.07) is 0. The minimum absolute atomic E-state index is 0.0340. The average molecular weight is 222 g/mol. The number of hydrogen-bond donors (Lipinski definition) is 1. The van der Waals surface area contributed by atoms with Crippen LogP contribution in [0.2, 0.25) is 0 Å². The van der Waals surface area contributed by atoms with E-state index in [0.717, 1.165) is 12.3 Å². The van der Waals surface area contributed by atoms with Crippen LogP contribution in [0.25, 0.3) is 0 Å². The van der Waals surface area contributed by atoms with Crippen LogP contribution in [0.5, 0.6) is 0 Å². The van der Waals surface area contributed by atoms with Gasteiger partial charge in [0.2, 0.25) is 0 Å². The third-order valence-corrected chi connectivity index (χ3v) is 6.80. The van der Waals surface area contributed by atoms with Crippen LogP contribution in [0.3, 0.4) is 0 Å². The molecule has 4 atom stereocenters. The molecule has 0 saturated heterocycles. The summed E-state index contributed by atoms with van der Waals surface area (Å²) in [4.78, 5) is 0. The Morgan fingerprint density at radius 2 is 1.69 bits per heavy atom. The SMILES string of the molecule is CC1(C)[C@@H]2CC[C@]3(C2)[C@@H]1[C@@H](O)CCC3(C)C. The summed E-state index contributed by atoms with van der Waals surface area (Å²) in [6.07, 6.45) is 6.36. The van der Waals surface area contributed by atoms with Gasteiger partial charge >= 0.3 is 0 Å². The highest BCUT2D eigenvalue weighted by Crippen LogP contribution is 2.75. The van der Waals surface area contributed by atoms with Gasteiger partial charge in [-0.25, -0.2) is 0 Å². The highest BCUT2D eigenvalue weighted by Gasteiger charge is 2.69. The Balaban J connectivity index is 2.10. The highest BCUT2D eigenvalue weighted by molar-refractivity contribution is 5.18. The predicted molar refractivity (Wildman–Crippen MR) is 66.1 cm³/mol. The lowest BCUT2D eigenvalue weighted by Gasteiger charge is -2.57. The summed E-state index contributed by atoms with van der Waals surface area (Å²) in [5.41, 5.74) is 1.27. The summed E-state index contributed by atoms with van der Waals surface area (Å²) >= 11 is 0. The lowest BCUT2D eigenvalue weighted by atomic mass is 9.48. The normalized spacial score (nSPS) is 52.7. The molecule has 1 spiro atoms. The van der Waals surface area contributed by atoms with E-state index in [-0.39, 0.29) is 6.10 Å². The molecular formula is C15H26O. The number of hydrogen-bond acceptors (Lipinski definition) is 1. The molecule has 16 heavy (non-hydrogen) atoms. The van der Waals surface area contributed by atoms with Crippen molar-refractivity contribution in [3.8, 4) is 0 Å². The molecule has 0 aromatic carbocycles. The second-order valence-electron chi connectivity index (χ2n) is 7.88. The van der Waals surface area contributed by atoms with E-state index >= 15 is 0 Å². The molecule has 3 aliphatic rings. The van der Waals surface area contributed by atoms with Crippen molar-refractivity contribution in [2.45, 2.75) is 65.9 Å². The predicted octanol–water partition coefficient (Wildman–Crippen LogP) is 3.61. The van der Waals surface area contributed by atoms with Crippen LogP contribution in [0, 0.1) is 28.1 Å². The molecule has 1 N–H and O–H groups in total. The average Bonchev–Trinajstić information content (AvgIpc) is 2.67. The zero-order valence-corrected chi connectivity index (χ0v) is 11.2. The quantitative estimate of drug-likeness (QED) is 0.664. The van der Waals surface area contributed by atoms with Crippen molar-refractivity contribution in [1.82, 2.24) is 0 Å². The van der Waals surface area contributed by atoms with Crippen LogP contribution in [0.1, 0.15) is 59.8 Å². The number of aliphatic hydroxyl groups excluding tert-OH is 1. The molecule has 3 rings (SSSR count). The van der Waals surface area contributed by atoms with Gasteiger partial charge in [0.1, 0.15) is 0 Å². The zero-order chi connectivity index (χ0) is 11.8. The van der Waals surface area contributed by atoms with Crippen LogP contribution in [-0.2, 0) is 0 Å². The van der Waals surface area contributed by atoms with E-state index < -0.39 is 0 Å². The third kappa shape index (κ3) is 1.02. The second kappa shape index (κ2) is 2.85. The monoisotopic (exact) mass is 222 g/mol. The summed E-state index contributed by atoms with van der Waals surface area (Å²) in [5.74, 6) is 1.42. The molecule has 3 fully saturated rings. The zero-order valence-electron chi connectivity index (χ0n) is 11.2. The Bertz CT molecular complexity index is 315. The van der Waals surface area contributed by atoms with Crippen molar-refractivity contribution in [1.29, 1.82) is 0 Å². The summed E-state index contributed by atoms with van der Waals surface area (Å²) in [5, 5.41) is 10.5. The molecule has 0 amide bonds. The van der Waals surface area contributed by atoms with Gasteiger partial charge in [-0.3, -0.25) is 0 Å². The molecule has 3 aliphatic carbocycles. The second-order valence-corrected chi connectivity index (χ2v) is 7.88. The van der Waals surface area contributed by atoms with Gasteiger partial charge in [-0.15, -0.1) is 0 Å². The minimum Gasteiger partial charge on any atom is -0.393 e. The summed E-state index contributed by atoms with van der Waals surface area (Å²) < 4.78 is 0.